The largest absolute Gasteiger partial charge is 0.352 e. The van der Waals surface area contributed by atoms with Gasteiger partial charge in [0, 0.05) is 11.6 Å². The van der Waals surface area contributed by atoms with Crippen molar-refractivity contribution in [3.8, 4) is 0 Å². The van der Waals surface area contributed by atoms with Gasteiger partial charge in [0.15, 0.2) is 0 Å². The van der Waals surface area contributed by atoms with E-state index >= 15 is 0 Å². The minimum absolute atomic E-state index is 0.124. The van der Waals surface area contributed by atoms with E-state index in [1.54, 1.807) is 18.2 Å². The van der Waals surface area contributed by atoms with Crippen LogP contribution < -0.4 is 5.32 Å². The molecule has 0 aliphatic carbocycles. The van der Waals surface area contributed by atoms with E-state index in [-0.39, 0.29) is 5.91 Å². The van der Waals surface area contributed by atoms with Crippen LogP contribution in [0.1, 0.15) is 23.2 Å². The van der Waals surface area contributed by atoms with Crippen molar-refractivity contribution >= 4 is 29.1 Å². The highest BCUT2D eigenvalue weighted by molar-refractivity contribution is 6.36. The number of likely N-dealkylation sites (tertiary alicyclic amines) is 1. The van der Waals surface area contributed by atoms with Gasteiger partial charge < -0.3 is 10.2 Å². The average Bonchev–Trinajstić information content (AvgIpc) is 2.37. The van der Waals surface area contributed by atoms with Crippen LogP contribution in [0.25, 0.3) is 0 Å². The summed E-state index contributed by atoms with van der Waals surface area (Å²) in [5, 5.41) is 3.89. The number of amides is 1. The second kappa shape index (κ2) is 6.60. The first-order valence-electron chi connectivity index (χ1n) is 6.48. The van der Waals surface area contributed by atoms with E-state index in [9.17, 15) is 4.79 Å². The second-order valence-corrected chi connectivity index (χ2v) is 5.92. The molecule has 3 nitrogen and oxygen atoms in total. The quantitative estimate of drug-likeness (QED) is 0.930. The van der Waals surface area contributed by atoms with Gasteiger partial charge in [-0.2, -0.15) is 0 Å². The van der Waals surface area contributed by atoms with Gasteiger partial charge in [-0.05, 0) is 57.1 Å². The molecule has 2 rings (SSSR count). The lowest BCUT2D eigenvalue weighted by Crippen LogP contribution is -2.36. The van der Waals surface area contributed by atoms with E-state index in [0.29, 0.717) is 28.1 Å². The number of carbonyl (C=O) groups is 1. The first kappa shape index (κ1) is 14.6. The Bertz CT molecular complexity index is 457. The third-order valence-electron chi connectivity index (χ3n) is 3.57. The molecule has 1 aliphatic rings. The Kier molecular flexibility index (Phi) is 5.08. The summed E-state index contributed by atoms with van der Waals surface area (Å²) in [4.78, 5) is 14.3. The predicted octanol–water partition coefficient (Wildman–Crippen LogP) is 3.07. The normalized spacial score (nSPS) is 17.4. The van der Waals surface area contributed by atoms with Crippen LogP contribution in [-0.2, 0) is 0 Å². The molecule has 0 saturated carbocycles. The molecule has 0 spiro atoms. The average molecular weight is 301 g/mol. The SMILES string of the molecule is CN1CCC(CNC(=O)c2ccc(Cl)cc2Cl)CC1. The van der Waals surface area contributed by atoms with Gasteiger partial charge in [-0.3, -0.25) is 4.79 Å². The van der Waals surface area contributed by atoms with Crippen LogP contribution >= 0.6 is 23.2 Å². The summed E-state index contributed by atoms with van der Waals surface area (Å²) in [6, 6.07) is 4.93. The summed E-state index contributed by atoms with van der Waals surface area (Å²) in [5.41, 5.74) is 0.485. The van der Waals surface area contributed by atoms with Crippen LogP contribution in [0.15, 0.2) is 18.2 Å². The summed E-state index contributed by atoms with van der Waals surface area (Å²) >= 11 is 11.8. The van der Waals surface area contributed by atoms with Crippen LogP contribution in [0.5, 0.6) is 0 Å². The van der Waals surface area contributed by atoms with Gasteiger partial charge >= 0.3 is 0 Å². The zero-order chi connectivity index (χ0) is 13.8. The monoisotopic (exact) mass is 300 g/mol. The molecular formula is C14H18Cl2N2O. The number of nitrogens with one attached hydrogen (secondary N) is 1. The fourth-order valence-corrected chi connectivity index (χ4v) is 2.77. The highest BCUT2D eigenvalue weighted by Crippen LogP contribution is 2.21. The van der Waals surface area contributed by atoms with Crippen LogP contribution in [0, 0.1) is 5.92 Å². The number of carbonyl (C=O) groups excluding carboxylic acids is 1. The Morgan fingerprint density at radius 3 is 2.68 bits per heavy atom. The fraction of sp³-hybridized carbons (Fsp3) is 0.500. The van der Waals surface area contributed by atoms with Crippen LogP contribution in [0.4, 0.5) is 0 Å². The minimum atomic E-state index is -0.124. The molecule has 0 aromatic heterocycles. The molecule has 1 saturated heterocycles. The molecule has 1 aromatic rings. The molecule has 0 unspecified atom stereocenters. The predicted molar refractivity (Wildman–Crippen MR) is 79.0 cm³/mol. The Morgan fingerprint density at radius 1 is 1.37 bits per heavy atom. The minimum Gasteiger partial charge on any atom is -0.352 e. The van der Waals surface area contributed by atoms with E-state index in [4.69, 9.17) is 23.2 Å². The molecule has 1 aliphatic heterocycles. The van der Waals surface area contributed by atoms with Crippen molar-refractivity contribution in [3.05, 3.63) is 33.8 Å². The van der Waals surface area contributed by atoms with E-state index in [2.05, 4.69) is 17.3 Å². The van der Waals surface area contributed by atoms with Gasteiger partial charge in [0.25, 0.3) is 5.91 Å². The Hall–Kier alpha value is -0.770. The van der Waals surface area contributed by atoms with E-state index in [0.717, 1.165) is 25.9 Å². The smallest absolute Gasteiger partial charge is 0.252 e. The molecular weight excluding hydrogens is 283 g/mol. The van der Waals surface area contributed by atoms with Crippen molar-refractivity contribution in [1.29, 1.82) is 0 Å². The first-order valence-corrected chi connectivity index (χ1v) is 7.23. The lowest BCUT2D eigenvalue weighted by atomic mass is 9.97. The zero-order valence-corrected chi connectivity index (χ0v) is 12.5. The number of halogens is 2. The number of hydrogen-bond acceptors (Lipinski definition) is 2. The van der Waals surface area contributed by atoms with Crippen molar-refractivity contribution in [2.24, 2.45) is 5.92 Å². The first-order chi connectivity index (χ1) is 9.06. The molecule has 1 fully saturated rings. The number of piperidine rings is 1. The highest BCUT2D eigenvalue weighted by Gasteiger charge is 2.18. The zero-order valence-electron chi connectivity index (χ0n) is 11.0. The lowest BCUT2D eigenvalue weighted by molar-refractivity contribution is 0.0939. The molecule has 1 aromatic carbocycles. The molecule has 104 valence electrons. The summed E-state index contributed by atoms with van der Waals surface area (Å²) in [7, 11) is 2.13. The van der Waals surface area contributed by atoms with Crippen molar-refractivity contribution in [2.75, 3.05) is 26.7 Å². The van der Waals surface area contributed by atoms with Crippen molar-refractivity contribution < 1.29 is 4.79 Å². The number of nitrogens with zero attached hydrogens (tertiary/aromatic N) is 1. The van der Waals surface area contributed by atoms with Crippen molar-refractivity contribution in [3.63, 3.8) is 0 Å². The second-order valence-electron chi connectivity index (χ2n) is 5.08. The summed E-state index contributed by atoms with van der Waals surface area (Å²) in [6.45, 7) is 2.91. The molecule has 0 bridgehead atoms. The van der Waals surface area contributed by atoms with E-state index in [1.165, 1.54) is 0 Å². The Balaban J connectivity index is 1.87. The maximum absolute atomic E-state index is 12.0. The highest BCUT2D eigenvalue weighted by atomic mass is 35.5. The third-order valence-corrected chi connectivity index (χ3v) is 4.11. The van der Waals surface area contributed by atoms with Gasteiger partial charge in [0.05, 0.1) is 10.6 Å². The van der Waals surface area contributed by atoms with Crippen molar-refractivity contribution in [1.82, 2.24) is 10.2 Å². The Labute approximate surface area is 123 Å². The molecule has 1 heterocycles. The summed E-state index contributed by atoms with van der Waals surface area (Å²) < 4.78 is 0. The Morgan fingerprint density at radius 2 is 2.05 bits per heavy atom. The van der Waals surface area contributed by atoms with Crippen LogP contribution in [0.2, 0.25) is 10.0 Å². The molecule has 0 atom stereocenters. The van der Waals surface area contributed by atoms with Gasteiger partial charge in [0.2, 0.25) is 0 Å². The van der Waals surface area contributed by atoms with Crippen LogP contribution in [0.3, 0.4) is 0 Å². The van der Waals surface area contributed by atoms with Crippen molar-refractivity contribution in [2.45, 2.75) is 12.8 Å². The van der Waals surface area contributed by atoms with E-state index < -0.39 is 0 Å². The lowest BCUT2D eigenvalue weighted by Gasteiger charge is -2.28. The molecule has 1 amide bonds. The third kappa shape index (κ3) is 4.10. The molecule has 19 heavy (non-hydrogen) atoms. The van der Waals surface area contributed by atoms with Gasteiger partial charge in [-0.15, -0.1) is 0 Å². The van der Waals surface area contributed by atoms with Gasteiger partial charge in [-0.25, -0.2) is 0 Å². The van der Waals surface area contributed by atoms with E-state index in [1.807, 2.05) is 0 Å². The van der Waals surface area contributed by atoms with Gasteiger partial charge in [0.1, 0.15) is 0 Å². The summed E-state index contributed by atoms with van der Waals surface area (Å²) in [6.07, 6.45) is 2.26. The fourth-order valence-electron chi connectivity index (χ4n) is 2.27. The summed E-state index contributed by atoms with van der Waals surface area (Å²) in [5.74, 6) is 0.437. The van der Waals surface area contributed by atoms with Crippen LogP contribution in [-0.4, -0.2) is 37.5 Å². The number of hydrogen-bond donors (Lipinski definition) is 1. The number of benzene rings is 1. The topological polar surface area (TPSA) is 32.3 Å². The maximum Gasteiger partial charge on any atom is 0.252 e. The maximum atomic E-state index is 12.0. The molecule has 0 radical (unpaired) electrons. The molecule has 5 heteroatoms. The van der Waals surface area contributed by atoms with Gasteiger partial charge in [-0.1, -0.05) is 23.2 Å². The molecule has 1 N–H and O–H groups in total. The standard InChI is InChI=1S/C14H18Cl2N2O/c1-18-6-4-10(5-7-18)9-17-14(19)12-3-2-11(15)8-13(12)16/h2-3,8,10H,4-7,9H2,1H3,(H,17,19). The number of rotatable bonds is 3.